The van der Waals surface area contributed by atoms with Crippen LogP contribution in [0.15, 0.2) is 0 Å². The molecule has 0 spiro atoms. The van der Waals surface area contributed by atoms with Crippen LogP contribution in [0.4, 0.5) is 0 Å². The third kappa shape index (κ3) is 5.76. The van der Waals surface area contributed by atoms with Gasteiger partial charge in [-0.25, -0.2) is 0 Å². The molecule has 0 amide bonds. The van der Waals surface area contributed by atoms with E-state index < -0.39 is 0 Å². The first-order valence-corrected chi connectivity index (χ1v) is 6.99. The van der Waals surface area contributed by atoms with E-state index in [2.05, 4.69) is 5.32 Å². The molecule has 3 heteroatoms. The van der Waals surface area contributed by atoms with Gasteiger partial charge in [0.1, 0.15) is 5.78 Å². The summed E-state index contributed by atoms with van der Waals surface area (Å²) in [5, 5.41) is 3.29. The second kappa shape index (κ2) is 7.67. The standard InChI is InChI=1S/C15H29NO2/c1-9(2)14(16-11(5)6)13(17)8-12(7)15(18)10(3)4/h9-12,14,16H,8H2,1-7H3/t12-,14+/m1/s1. The third-order valence-electron chi connectivity index (χ3n) is 3.09. The largest absolute Gasteiger partial charge is 0.305 e. The molecule has 1 N–H and O–H groups in total. The van der Waals surface area contributed by atoms with Crippen molar-refractivity contribution in [3.8, 4) is 0 Å². The van der Waals surface area contributed by atoms with Gasteiger partial charge < -0.3 is 5.32 Å². The van der Waals surface area contributed by atoms with Crippen molar-refractivity contribution in [2.24, 2.45) is 17.8 Å². The highest BCUT2D eigenvalue weighted by Crippen LogP contribution is 2.15. The van der Waals surface area contributed by atoms with E-state index in [0.29, 0.717) is 6.42 Å². The molecule has 0 saturated heterocycles. The van der Waals surface area contributed by atoms with Crippen LogP contribution in [0.1, 0.15) is 54.9 Å². The monoisotopic (exact) mass is 255 g/mol. The van der Waals surface area contributed by atoms with Gasteiger partial charge in [-0.05, 0) is 5.92 Å². The third-order valence-corrected chi connectivity index (χ3v) is 3.09. The minimum absolute atomic E-state index is 0.00311. The zero-order valence-corrected chi connectivity index (χ0v) is 12.9. The maximum atomic E-state index is 12.2. The minimum atomic E-state index is -0.173. The van der Waals surface area contributed by atoms with E-state index in [1.54, 1.807) is 0 Å². The van der Waals surface area contributed by atoms with Crippen molar-refractivity contribution in [3.05, 3.63) is 0 Å². The van der Waals surface area contributed by atoms with Gasteiger partial charge in [-0.1, -0.05) is 48.5 Å². The minimum Gasteiger partial charge on any atom is -0.305 e. The Bertz CT molecular complexity index is 282. The first kappa shape index (κ1) is 17.3. The molecule has 106 valence electrons. The van der Waals surface area contributed by atoms with E-state index >= 15 is 0 Å². The first-order chi connectivity index (χ1) is 8.16. The lowest BCUT2D eigenvalue weighted by Gasteiger charge is -2.25. The molecule has 0 bridgehead atoms. The van der Waals surface area contributed by atoms with Gasteiger partial charge in [0.2, 0.25) is 0 Å². The summed E-state index contributed by atoms with van der Waals surface area (Å²) in [4.78, 5) is 24.1. The van der Waals surface area contributed by atoms with Gasteiger partial charge in [-0.15, -0.1) is 0 Å². The number of ketones is 2. The summed E-state index contributed by atoms with van der Waals surface area (Å²) >= 11 is 0. The van der Waals surface area contributed by atoms with E-state index in [9.17, 15) is 9.59 Å². The number of rotatable bonds is 8. The van der Waals surface area contributed by atoms with Crippen molar-refractivity contribution in [2.75, 3.05) is 0 Å². The van der Waals surface area contributed by atoms with Gasteiger partial charge in [0.15, 0.2) is 5.78 Å². The van der Waals surface area contributed by atoms with Crippen molar-refractivity contribution < 1.29 is 9.59 Å². The average Bonchev–Trinajstić information content (AvgIpc) is 2.23. The summed E-state index contributed by atoms with van der Waals surface area (Å²) in [6, 6.07) is 0.130. The summed E-state index contributed by atoms with van der Waals surface area (Å²) in [5.41, 5.74) is 0. The molecular formula is C15H29NO2. The van der Waals surface area contributed by atoms with E-state index in [-0.39, 0.29) is 41.4 Å². The zero-order chi connectivity index (χ0) is 14.5. The maximum absolute atomic E-state index is 12.2. The van der Waals surface area contributed by atoms with Gasteiger partial charge in [0.05, 0.1) is 6.04 Å². The lowest BCUT2D eigenvalue weighted by atomic mass is 9.88. The summed E-state index contributed by atoms with van der Waals surface area (Å²) in [5.74, 6) is 0.410. The molecule has 18 heavy (non-hydrogen) atoms. The Hall–Kier alpha value is -0.700. The van der Waals surface area contributed by atoms with Crippen LogP contribution >= 0.6 is 0 Å². The summed E-state index contributed by atoms with van der Waals surface area (Å²) < 4.78 is 0. The van der Waals surface area contributed by atoms with E-state index in [0.717, 1.165) is 0 Å². The van der Waals surface area contributed by atoms with Gasteiger partial charge in [0.25, 0.3) is 0 Å². The Morgan fingerprint density at radius 3 is 1.78 bits per heavy atom. The van der Waals surface area contributed by atoms with Gasteiger partial charge in [-0.3, -0.25) is 9.59 Å². The van der Waals surface area contributed by atoms with Crippen LogP contribution in [0.3, 0.4) is 0 Å². The van der Waals surface area contributed by atoms with Crippen LogP contribution in [0.25, 0.3) is 0 Å². The molecule has 0 aromatic heterocycles. The zero-order valence-electron chi connectivity index (χ0n) is 12.9. The fourth-order valence-corrected chi connectivity index (χ4v) is 2.11. The molecular weight excluding hydrogens is 226 g/mol. The van der Waals surface area contributed by atoms with Gasteiger partial charge in [0, 0.05) is 24.3 Å². The molecule has 0 heterocycles. The van der Waals surface area contributed by atoms with E-state index in [4.69, 9.17) is 0 Å². The van der Waals surface area contributed by atoms with Crippen LogP contribution < -0.4 is 5.32 Å². The Balaban J connectivity index is 4.56. The van der Waals surface area contributed by atoms with Crippen LogP contribution in [0.5, 0.6) is 0 Å². The summed E-state index contributed by atoms with van der Waals surface area (Å²) in [7, 11) is 0. The molecule has 0 radical (unpaired) electrons. The molecule has 0 aromatic carbocycles. The van der Waals surface area contributed by atoms with Crippen LogP contribution in [0, 0.1) is 17.8 Å². The lowest BCUT2D eigenvalue weighted by molar-refractivity contribution is -0.130. The Morgan fingerprint density at radius 1 is 0.944 bits per heavy atom. The molecule has 3 nitrogen and oxygen atoms in total. The number of hydrogen-bond donors (Lipinski definition) is 1. The normalized spacial score (nSPS) is 15.2. The fourth-order valence-electron chi connectivity index (χ4n) is 2.11. The van der Waals surface area contributed by atoms with Crippen molar-refractivity contribution in [3.63, 3.8) is 0 Å². The van der Waals surface area contributed by atoms with Crippen molar-refractivity contribution in [1.82, 2.24) is 5.32 Å². The molecule has 0 fully saturated rings. The van der Waals surface area contributed by atoms with Gasteiger partial charge >= 0.3 is 0 Å². The second-order valence-corrected chi connectivity index (χ2v) is 6.17. The van der Waals surface area contributed by atoms with Crippen molar-refractivity contribution in [2.45, 2.75) is 67.0 Å². The Kier molecular flexibility index (Phi) is 7.37. The molecule has 0 aliphatic heterocycles. The average molecular weight is 255 g/mol. The van der Waals surface area contributed by atoms with E-state index in [1.165, 1.54) is 0 Å². The Morgan fingerprint density at radius 2 is 1.44 bits per heavy atom. The Labute approximate surface area is 112 Å². The number of hydrogen-bond acceptors (Lipinski definition) is 3. The highest BCUT2D eigenvalue weighted by Gasteiger charge is 2.26. The summed E-state index contributed by atoms with van der Waals surface area (Å²) in [6.45, 7) is 13.8. The fraction of sp³-hybridized carbons (Fsp3) is 0.867. The van der Waals surface area contributed by atoms with Gasteiger partial charge in [-0.2, -0.15) is 0 Å². The first-order valence-electron chi connectivity index (χ1n) is 6.99. The van der Waals surface area contributed by atoms with E-state index in [1.807, 2.05) is 48.5 Å². The highest BCUT2D eigenvalue weighted by atomic mass is 16.1. The number of Topliss-reactive ketones (excluding diaryl/α,β-unsaturated/α-hetero) is 2. The predicted molar refractivity (Wildman–Crippen MR) is 75.5 cm³/mol. The molecule has 0 aliphatic carbocycles. The van der Waals surface area contributed by atoms with Crippen LogP contribution in [-0.2, 0) is 9.59 Å². The molecule has 0 aromatic rings. The highest BCUT2D eigenvalue weighted by molar-refractivity contribution is 5.91. The van der Waals surface area contributed by atoms with Crippen LogP contribution in [-0.4, -0.2) is 23.7 Å². The molecule has 0 saturated carbocycles. The molecule has 0 unspecified atom stereocenters. The lowest BCUT2D eigenvalue weighted by Crippen LogP contribution is -2.45. The summed E-state index contributed by atoms with van der Waals surface area (Å²) in [6.07, 6.45) is 0.347. The van der Waals surface area contributed by atoms with Crippen molar-refractivity contribution in [1.29, 1.82) is 0 Å². The van der Waals surface area contributed by atoms with Crippen molar-refractivity contribution >= 4 is 11.6 Å². The molecule has 2 atom stereocenters. The number of nitrogens with one attached hydrogen (secondary N) is 1. The SMILES string of the molecule is CC(C)N[C@H](C(=O)C[C@@H](C)C(=O)C(C)C)C(C)C. The smallest absolute Gasteiger partial charge is 0.150 e. The van der Waals surface area contributed by atoms with Crippen LogP contribution in [0.2, 0.25) is 0 Å². The molecule has 0 rings (SSSR count). The predicted octanol–water partition coefficient (Wildman–Crippen LogP) is 2.83. The second-order valence-electron chi connectivity index (χ2n) is 6.17. The number of carbonyl (C=O) groups excluding carboxylic acids is 2. The quantitative estimate of drug-likeness (QED) is 0.725. The topological polar surface area (TPSA) is 46.2 Å². The maximum Gasteiger partial charge on any atom is 0.150 e. The molecule has 0 aliphatic rings. The number of carbonyl (C=O) groups is 2.